The molecule has 3 aromatic rings. The van der Waals surface area contributed by atoms with E-state index >= 15 is 0 Å². The van der Waals surface area contributed by atoms with Crippen LogP contribution in [-0.4, -0.2) is 19.0 Å². The molecule has 128 valence electrons. The lowest BCUT2D eigenvalue weighted by Gasteiger charge is -2.13. The van der Waals surface area contributed by atoms with E-state index in [1.165, 1.54) is 21.9 Å². The second kappa shape index (κ2) is 8.45. The molecule has 0 saturated heterocycles. The van der Waals surface area contributed by atoms with Crippen LogP contribution in [0.2, 0.25) is 0 Å². The van der Waals surface area contributed by atoms with Gasteiger partial charge in [-0.2, -0.15) is 0 Å². The first-order valence-corrected chi connectivity index (χ1v) is 8.85. The Morgan fingerprint density at radius 2 is 1.68 bits per heavy atom. The Labute approximate surface area is 149 Å². The molecule has 1 amide bonds. The van der Waals surface area contributed by atoms with Gasteiger partial charge in [0.25, 0.3) is 5.91 Å². The van der Waals surface area contributed by atoms with E-state index in [1.54, 1.807) is 0 Å². The van der Waals surface area contributed by atoms with Crippen molar-refractivity contribution in [1.82, 2.24) is 5.32 Å². The minimum atomic E-state index is 0.0861. The molecule has 3 N–H and O–H groups in total. The molecule has 0 aliphatic carbocycles. The number of amides is 1. The van der Waals surface area contributed by atoms with Gasteiger partial charge in [0.15, 0.2) is 6.54 Å². The highest BCUT2D eigenvalue weighted by Crippen LogP contribution is 2.21. The predicted molar refractivity (Wildman–Crippen MR) is 102 cm³/mol. The maximum Gasteiger partial charge on any atom is 0.275 e. The summed E-state index contributed by atoms with van der Waals surface area (Å²) in [5.41, 5.74) is 2.52. The number of rotatable bonds is 7. The SMILES string of the molecule is C[C@@H]([NH2+]CC(=O)NCCc1ccccc1)c1cccc2ccccc12. The topological polar surface area (TPSA) is 45.7 Å². The van der Waals surface area contributed by atoms with Gasteiger partial charge in [0, 0.05) is 12.1 Å². The molecule has 0 aromatic heterocycles. The summed E-state index contributed by atoms with van der Waals surface area (Å²) < 4.78 is 0. The van der Waals surface area contributed by atoms with Gasteiger partial charge in [-0.25, -0.2) is 0 Å². The zero-order valence-corrected chi connectivity index (χ0v) is 14.6. The highest BCUT2D eigenvalue weighted by Gasteiger charge is 2.13. The molecule has 3 heteroatoms. The lowest BCUT2D eigenvalue weighted by Crippen LogP contribution is -2.87. The third-order valence-electron chi connectivity index (χ3n) is 4.55. The van der Waals surface area contributed by atoms with E-state index in [0.29, 0.717) is 13.1 Å². The van der Waals surface area contributed by atoms with Crippen molar-refractivity contribution >= 4 is 16.7 Å². The first-order valence-electron chi connectivity index (χ1n) is 8.85. The normalized spacial score (nSPS) is 12.0. The molecule has 25 heavy (non-hydrogen) atoms. The Bertz CT molecular complexity index is 824. The van der Waals surface area contributed by atoms with E-state index < -0.39 is 0 Å². The molecule has 0 spiro atoms. The predicted octanol–water partition coefficient (Wildman–Crippen LogP) is 2.82. The number of carbonyl (C=O) groups excluding carboxylic acids is 1. The van der Waals surface area contributed by atoms with Gasteiger partial charge in [0.2, 0.25) is 0 Å². The van der Waals surface area contributed by atoms with Crippen LogP contribution < -0.4 is 10.6 Å². The zero-order valence-electron chi connectivity index (χ0n) is 14.6. The van der Waals surface area contributed by atoms with Crippen molar-refractivity contribution in [2.24, 2.45) is 0 Å². The molecule has 1 atom stereocenters. The van der Waals surface area contributed by atoms with Crippen LogP contribution in [0.1, 0.15) is 24.1 Å². The first kappa shape index (κ1) is 17.2. The minimum Gasteiger partial charge on any atom is -0.351 e. The second-order valence-electron chi connectivity index (χ2n) is 6.38. The molecular weight excluding hydrogens is 308 g/mol. The third kappa shape index (κ3) is 4.68. The number of benzene rings is 3. The van der Waals surface area contributed by atoms with Gasteiger partial charge in [-0.3, -0.25) is 4.79 Å². The Hall–Kier alpha value is -2.65. The number of carbonyl (C=O) groups is 1. The standard InChI is InChI=1S/C22H24N2O/c1-17(20-13-7-11-19-10-5-6-12-21(19)20)24-16-22(25)23-15-14-18-8-3-2-4-9-18/h2-13,17,24H,14-16H2,1H3,(H,23,25)/p+1/t17-/m1/s1. The minimum absolute atomic E-state index is 0.0861. The summed E-state index contributed by atoms with van der Waals surface area (Å²) in [6.07, 6.45) is 0.867. The van der Waals surface area contributed by atoms with Crippen LogP contribution in [0.5, 0.6) is 0 Å². The zero-order chi connectivity index (χ0) is 17.5. The first-order chi connectivity index (χ1) is 12.2. The fourth-order valence-corrected chi connectivity index (χ4v) is 3.12. The molecule has 3 nitrogen and oxygen atoms in total. The molecule has 0 fully saturated rings. The molecule has 0 saturated carbocycles. The van der Waals surface area contributed by atoms with E-state index in [-0.39, 0.29) is 11.9 Å². The smallest absolute Gasteiger partial charge is 0.275 e. The quantitative estimate of drug-likeness (QED) is 0.686. The molecule has 0 aliphatic rings. The Morgan fingerprint density at radius 3 is 2.52 bits per heavy atom. The van der Waals surface area contributed by atoms with E-state index in [1.807, 2.05) is 18.2 Å². The van der Waals surface area contributed by atoms with Gasteiger partial charge in [-0.15, -0.1) is 0 Å². The van der Waals surface area contributed by atoms with Gasteiger partial charge in [-0.05, 0) is 29.7 Å². The van der Waals surface area contributed by atoms with Crippen molar-refractivity contribution in [2.45, 2.75) is 19.4 Å². The molecular formula is C22H25N2O+. The van der Waals surface area contributed by atoms with Crippen molar-refractivity contribution in [3.05, 3.63) is 83.9 Å². The van der Waals surface area contributed by atoms with Gasteiger partial charge < -0.3 is 10.6 Å². The Kier molecular flexibility index (Phi) is 5.81. The average molecular weight is 333 g/mol. The number of quaternary nitrogens is 1. The number of nitrogens with two attached hydrogens (primary N) is 1. The molecule has 0 unspecified atom stereocenters. The van der Waals surface area contributed by atoms with Gasteiger partial charge in [0.1, 0.15) is 6.04 Å². The Balaban J connectivity index is 1.49. The summed E-state index contributed by atoms with van der Waals surface area (Å²) in [5, 5.41) is 7.61. The maximum absolute atomic E-state index is 12.1. The largest absolute Gasteiger partial charge is 0.351 e. The third-order valence-corrected chi connectivity index (χ3v) is 4.55. The van der Waals surface area contributed by atoms with Crippen LogP contribution in [0.4, 0.5) is 0 Å². The monoisotopic (exact) mass is 333 g/mol. The van der Waals surface area contributed by atoms with Gasteiger partial charge in [0.05, 0.1) is 0 Å². The summed E-state index contributed by atoms with van der Waals surface area (Å²) in [5.74, 6) is 0.0861. The van der Waals surface area contributed by atoms with E-state index in [9.17, 15) is 4.79 Å². The Morgan fingerprint density at radius 1 is 0.960 bits per heavy atom. The summed E-state index contributed by atoms with van der Waals surface area (Å²) in [7, 11) is 0. The summed E-state index contributed by atoms with van der Waals surface area (Å²) in [6.45, 7) is 3.28. The van der Waals surface area contributed by atoms with Gasteiger partial charge in [-0.1, -0.05) is 72.8 Å². The lowest BCUT2D eigenvalue weighted by molar-refractivity contribution is -0.682. The van der Waals surface area contributed by atoms with Crippen LogP contribution in [-0.2, 0) is 11.2 Å². The number of fused-ring (bicyclic) bond motifs is 1. The van der Waals surface area contributed by atoms with Crippen molar-refractivity contribution in [3.8, 4) is 0 Å². The highest BCUT2D eigenvalue weighted by atomic mass is 16.1. The molecule has 0 bridgehead atoms. The van der Waals surface area contributed by atoms with Crippen molar-refractivity contribution in [3.63, 3.8) is 0 Å². The number of nitrogens with one attached hydrogen (secondary N) is 1. The van der Waals surface area contributed by atoms with Crippen LogP contribution >= 0.6 is 0 Å². The molecule has 0 aliphatic heterocycles. The maximum atomic E-state index is 12.1. The van der Waals surface area contributed by atoms with E-state index in [4.69, 9.17) is 0 Å². The average Bonchev–Trinajstić information content (AvgIpc) is 2.66. The lowest BCUT2D eigenvalue weighted by atomic mass is 10.00. The fourth-order valence-electron chi connectivity index (χ4n) is 3.12. The van der Waals surface area contributed by atoms with Crippen molar-refractivity contribution < 1.29 is 10.1 Å². The van der Waals surface area contributed by atoms with Crippen LogP contribution in [0.3, 0.4) is 0 Å². The summed E-state index contributed by atoms with van der Waals surface area (Å²) >= 11 is 0. The van der Waals surface area contributed by atoms with E-state index in [0.717, 1.165) is 6.42 Å². The molecule has 3 rings (SSSR count). The highest BCUT2D eigenvalue weighted by molar-refractivity contribution is 5.85. The van der Waals surface area contributed by atoms with Crippen LogP contribution in [0, 0.1) is 0 Å². The van der Waals surface area contributed by atoms with Crippen LogP contribution in [0.25, 0.3) is 10.8 Å². The molecule has 0 heterocycles. The number of hydrogen-bond donors (Lipinski definition) is 2. The van der Waals surface area contributed by atoms with Crippen LogP contribution in [0.15, 0.2) is 72.8 Å². The van der Waals surface area contributed by atoms with Crippen molar-refractivity contribution in [1.29, 1.82) is 0 Å². The number of hydrogen-bond acceptors (Lipinski definition) is 1. The van der Waals surface area contributed by atoms with Gasteiger partial charge >= 0.3 is 0 Å². The van der Waals surface area contributed by atoms with Crippen molar-refractivity contribution in [2.75, 3.05) is 13.1 Å². The van der Waals surface area contributed by atoms with E-state index in [2.05, 4.69) is 72.2 Å². The molecule has 3 aromatic carbocycles. The summed E-state index contributed by atoms with van der Waals surface area (Å²) in [6, 6.07) is 25.2. The fraction of sp³-hybridized carbons (Fsp3) is 0.227. The summed E-state index contributed by atoms with van der Waals surface area (Å²) in [4.78, 5) is 12.1. The molecule has 0 radical (unpaired) electrons. The second-order valence-corrected chi connectivity index (χ2v) is 6.38.